The molecule has 3 rings (SSSR count). The number of benzene rings is 3. The van der Waals surface area contributed by atoms with Crippen molar-refractivity contribution < 1.29 is 17.6 Å². The van der Waals surface area contributed by atoms with Crippen LogP contribution in [0.25, 0.3) is 0 Å². The van der Waals surface area contributed by atoms with Crippen molar-refractivity contribution in [2.45, 2.75) is 18.4 Å². The highest BCUT2D eigenvalue weighted by molar-refractivity contribution is 7.92. The van der Waals surface area contributed by atoms with Gasteiger partial charge >= 0.3 is 0 Å². The first-order valence-electron chi connectivity index (χ1n) is 9.34. The molecule has 0 heterocycles. The number of hydrogen-bond acceptors (Lipinski definition) is 3. The molecule has 0 N–H and O–H groups in total. The van der Waals surface area contributed by atoms with E-state index in [1.807, 2.05) is 31.2 Å². The molecule has 0 radical (unpaired) electrons. The summed E-state index contributed by atoms with van der Waals surface area (Å²) in [6.45, 7) is 2.39. The Hall–Kier alpha value is -3.19. The Morgan fingerprint density at radius 1 is 0.933 bits per heavy atom. The zero-order valence-electron chi connectivity index (χ0n) is 17.0. The number of aryl methyl sites for hydroxylation is 1. The lowest BCUT2D eigenvalue weighted by atomic mass is 10.1. The van der Waals surface area contributed by atoms with Gasteiger partial charge in [0.25, 0.3) is 15.9 Å². The molecule has 0 fully saturated rings. The van der Waals surface area contributed by atoms with Gasteiger partial charge < -0.3 is 4.90 Å². The van der Waals surface area contributed by atoms with Crippen LogP contribution in [-0.2, 0) is 16.6 Å². The number of amides is 1. The molecule has 1 amide bonds. The van der Waals surface area contributed by atoms with E-state index in [-0.39, 0.29) is 16.4 Å². The van der Waals surface area contributed by atoms with Crippen LogP contribution in [-0.4, -0.2) is 33.3 Å². The Balaban J connectivity index is 1.83. The first-order valence-corrected chi connectivity index (χ1v) is 10.8. The highest BCUT2D eigenvalue weighted by Crippen LogP contribution is 2.23. The van der Waals surface area contributed by atoms with Gasteiger partial charge in [-0.2, -0.15) is 0 Å². The van der Waals surface area contributed by atoms with E-state index in [2.05, 4.69) is 0 Å². The molecule has 3 aromatic carbocycles. The molecule has 0 aliphatic heterocycles. The molecule has 0 aliphatic carbocycles. The second-order valence-corrected chi connectivity index (χ2v) is 9.10. The summed E-state index contributed by atoms with van der Waals surface area (Å²) in [6.07, 6.45) is 0. The Morgan fingerprint density at radius 2 is 1.60 bits per heavy atom. The summed E-state index contributed by atoms with van der Waals surface area (Å²) >= 11 is 0. The molecule has 0 saturated heterocycles. The fourth-order valence-electron chi connectivity index (χ4n) is 3.11. The van der Waals surface area contributed by atoms with Crippen LogP contribution in [0, 0.1) is 12.7 Å². The molecule has 3 aromatic rings. The Labute approximate surface area is 176 Å². The molecular formula is C23H23FN2O3S. The maximum absolute atomic E-state index is 13.2. The topological polar surface area (TPSA) is 57.7 Å². The van der Waals surface area contributed by atoms with Gasteiger partial charge in [0.05, 0.1) is 10.6 Å². The molecule has 0 saturated carbocycles. The first-order chi connectivity index (χ1) is 14.2. The normalized spacial score (nSPS) is 11.2. The summed E-state index contributed by atoms with van der Waals surface area (Å²) in [4.78, 5) is 14.4. The highest BCUT2D eigenvalue weighted by atomic mass is 32.2. The molecule has 0 unspecified atom stereocenters. The van der Waals surface area contributed by atoms with Gasteiger partial charge in [-0.3, -0.25) is 9.10 Å². The molecule has 0 spiro atoms. The van der Waals surface area contributed by atoms with E-state index in [0.717, 1.165) is 15.4 Å². The van der Waals surface area contributed by atoms with Crippen LogP contribution in [0.2, 0.25) is 0 Å². The summed E-state index contributed by atoms with van der Waals surface area (Å²) in [5.41, 5.74) is 2.69. The molecule has 0 aromatic heterocycles. The average molecular weight is 427 g/mol. The van der Waals surface area contributed by atoms with Gasteiger partial charge in [-0.25, -0.2) is 12.8 Å². The third-order valence-corrected chi connectivity index (χ3v) is 6.56. The standard InChI is InChI=1S/C23H23FN2O3S/c1-17-6-4-7-18(14-17)16-25(2)23(27)19-8-5-9-22(15-19)30(28,29)26(3)21-12-10-20(24)11-13-21/h4-15H,16H2,1-3H3. The molecule has 0 bridgehead atoms. The lowest BCUT2D eigenvalue weighted by molar-refractivity contribution is 0.0785. The number of rotatable bonds is 6. The van der Waals surface area contributed by atoms with Gasteiger partial charge in [0, 0.05) is 26.2 Å². The lowest BCUT2D eigenvalue weighted by Crippen LogP contribution is -2.28. The smallest absolute Gasteiger partial charge is 0.264 e. The van der Waals surface area contributed by atoms with Crippen molar-refractivity contribution in [3.8, 4) is 0 Å². The zero-order valence-corrected chi connectivity index (χ0v) is 17.9. The highest BCUT2D eigenvalue weighted by Gasteiger charge is 2.23. The Bertz CT molecular complexity index is 1160. The van der Waals surface area contributed by atoms with Gasteiger partial charge in [-0.15, -0.1) is 0 Å². The third-order valence-electron chi connectivity index (χ3n) is 4.78. The molecule has 30 heavy (non-hydrogen) atoms. The minimum Gasteiger partial charge on any atom is -0.337 e. The lowest BCUT2D eigenvalue weighted by Gasteiger charge is -2.21. The zero-order chi connectivity index (χ0) is 21.9. The fourth-order valence-corrected chi connectivity index (χ4v) is 4.36. The van der Waals surface area contributed by atoms with Gasteiger partial charge in [0.1, 0.15) is 5.82 Å². The maximum Gasteiger partial charge on any atom is 0.264 e. The molecular weight excluding hydrogens is 403 g/mol. The monoisotopic (exact) mass is 426 g/mol. The van der Waals surface area contributed by atoms with Gasteiger partial charge in [-0.1, -0.05) is 35.9 Å². The van der Waals surface area contributed by atoms with E-state index >= 15 is 0 Å². The van der Waals surface area contributed by atoms with Crippen LogP contribution in [0.3, 0.4) is 0 Å². The van der Waals surface area contributed by atoms with E-state index < -0.39 is 15.8 Å². The fraction of sp³-hybridized carbons (Fsp3) is 0.174. The number of anilines is 1. The van der Waals surface area contributed by atoms with E-state index in [4.69, 9.17) is 0 Å². The van der Waals surface area contributed by atoms with Crippen molar-refractivity contribution in [2.24, 2.45) is 0 Å². The number of sulfonamides is 1. The van der Waals surface area contributed by atoms with E-state index in [1.165, 1.54) is 43.4 Å². The molecule has 156 valence electrons. The molecule has 0 atom stereocenters. The van der Waals surface area contributed by atoms with Crippen LogP contribution in [0.4, 0.5) is 10.1 Å². The van der Waals surface area contributed by atoms with Crippen molar-refractivity contribution in [3.63, 3.8) is 0 Å². The van der Waals surface area contributed by atoms with Crippen LogP contribution >= 0.6 is 0 Å². The average Bonchev–Trinajstić information content (AvgIpc) is 2.73. The van der Waals surface area contributed by atoms with E-state index in [0.29, 0.717) is 12.2 Å². The summed E-state index contributed by atoms with van der Waals surface area (Å²) in [5, 5.41) is 0. The molecule has 5 nitrogen and oxygen atoms in total. The van der Waals surface area contributed by atoms with Crippen molar-refractivity contribution in [3.05, 3.63) is 95.3 Å². The first kappa shape index (κ1) is 21.5. The number of nitrogens with zero attached hydrogens (tertiary/aromatic N) is 2. The summed E-state index contributed by atoms with van der Waals surface area (Å²) < 4.78 is 40.2. The van der Waals surface area contributed by atoms with Gasteiger partial charge in [0.2, 0.25) is 0 Å². The van der Waals surface area contributed by atoms with Crippen LogP contribution < -0.4 is 4.31 Å². The van der Waals surface area contributed by atoms with Crippen molar-refractivity contribution in [1.82, 2.24) is 4.90 Å². The Morgan fingerprint density at radius 3 is 2.27 bits per heavy atom. The predicted molar refractivity (Wildman–Crippen MR) is 115 cm³/mol. The number of carbonyl (C=O) groups is 1. The number of hydrogen-bond donors (Lipinski definition) is 0. The SMILES string of the molecule is Cc1cccc(CN(C)C(=O)c2cccc(S(=O)(=O)N(C)c3ccc(F)cc3)c2)c1. The van der Waals surface area contributed by atoms with Crippen LogP contribution in [0.15, 0.2) is 77.7 Å². The van der Waals surface area contributed by atoms with E-state index in [1.54, 1.807) is 24.1 Å². The number of carbonyl (C=O) groups excluding carboxylic acids is 1. The second kappa shape index (κ2) is 8.67. The minimum absolute atomic E-state index is 0.0101. The maximum atomic E-state index is 13.2. The number of halogens is 1. The summed E-state index contributed by atoms with van der Waals surface area (Å²) in [6, 6.07) is 19.0. The second-order valence-electron chi connectivity index (χ2n) is 7.13. The Kier molecular flexibility index (Phi) is 6.22. The van der Waals surface area contributed by atoms with E-state index in [9.17, 15) is 17.6 Å². The predicted octanol–water partition coefficient (Wildman–Crippen LogP) is 4.23. The minimum atomic E-state index is -3.91. The largest absolute Gasteiger partial charge is 0.337 e. The summed E-state index contributed by atoms with van der Waals surface area (Å²) in [5.74, 6) is -0.730. The molecule has 0 aliphatic rings. The van der Waals surface area contributed by atoms with Gasteiger partial charge in [-0.05, 0) is 55.0 Å². The van der Waals surface area contributed by atoms with Crippen molar-refractivity contribution >= 4 is 21.6 Å². The van der Waals surface area contributed by atoms with Gasteiger partial charge in [0.15, 0.2) is 0 Å². The summed E-state index contributed by atoms with van der Waals surface area (Å²) in [7, 11) is -0.844. The van der Waals surface area contributed by atoms with Crippen molar-refractivity contribution in [1.29, 1.82) is 0 Å². The van der Waals surface area contributed by atoms with Crippen molar-refractivity contribution in [2.75, 3.05) is 18.4 Å². The quantitative estimate of drug-likeness (QED) is 0.593. The third kappa shape index (κ3) is 4.68. The van der Waals surface area contributed by atoms with Crippen LogP contribution in [0.5, 0.6) is 0 Å². The van der Waals surface area contributed by atoms with Crippen LogP contribution in [0.1, 0.15) is 21.5 Å². The molecule has 7 heteroatoms.